The van der Waals surface area contributed by atoms with Gasteiger partial charge in [-0.1, -0.05) is 18.6 Å². The van der Waals surface area contributed by atoms with E-state index in [1.54, 1.807) is 0 Å². The van der Waals surface area contributed by atoms with Crippen molar-refractivity contribution in [1.82, 2.24) is 20.1 Å². The van der Waals surface area contributed by atoms with E-state index in [-0.39, 0.29) is 24.5 Å². The van der Waals surface area contributed by atoms with Crippen LogP contribution in [0.25, 0.3) is 0 Å². The molecule has 0 bridgehead atoms. The van der Waals surface area contributed by atoms with Crippen LogP contribution in [0.15, 0.2) is 18.2 Å². The number of aromatic nitrogens is 3. The fourth-order valence-electron chi connectivity index (χ4n) is 4.25. The average Bonchev–Trinajstić information content (AvgIpc) is 3.26. The minimum absolute atomic E-state index is 0.0487. The molecule has 1 aliphatic carbocycles. The van der Waals surface area contributed by atoms with E-state index in [0.29, 0.717) is 13.0 Å². The molecule has 0 radical (unpaired) electrons. The number of carbonyl (C=O) groups is 2. The molecule has 1 aromatic heterocycles. The number of fused-ring (bicyclic) bond motifs is 2. The van der Waals surface area contributed by atoms with Gasteiger partial charge in [-0.25, -0.2) is 0 Å². The number of rotatable bonds is 7. The summed E-state index contributed by atoms with van der Waals surface area (Å²) in [5.41, 5.74) is 3.39. The molecule has 1 aromatic carbocycles. The summed E-state index contributed by atoms with van der Waals surface area (Å²) in [6.45, 7) is 1.50. The van der Waals surface area contributed by atoms with E-state index in [1.165, 1.54) is 30.4 Å². The normalized spacial score (nSPS) is 15.6. The third-order valence-corrected chi connectivity index (χ3v) is 5.86. The van der Waals surface area contributed by atoms with Crippen molar-refractivity contribution in [2.45, 2.75) is 70.8 Å². The summed E-state index contributed by atoms with van der Waals surface area (Å²) in [5, 5.41) is 11.5. The van der Waals surface area contributed by atoms with Crippen LogP contribution in [-0.2, 0) is 37.0 Å². The smallest absolute Gasteiger partial charge is 0.220 e. The van der Waals surface area contributed by atoms with Crippen LogP contribution in [0, 0.1) is 0 Å². The highest BCUT2D eigenvalue weighted by Gasteiger charge is 2.16. The van der Waals surface area contributed by atoms with Gasteiger partial charge in [0.15, 0.2) is 5.78 Å². The first-order chi connectivity index (χ1) is 13.7. The van der Waals surface area contributed by atoms with Crippen LogP contribution in [0.1, 0.15) is 71.7 Å². The third kappa shape index (κ3) is 4.32. The zero-order valence-electron chi connectivity index (χ0n) is 16.4. The Hall–Kier alpha value is -2.50. The number of carbonyl (C=O) groups excluding carboxylic acids is 2. The van der Waals surface area contributed by atoms with Crippen molar-refractivity contribution in [3.63, 3.8) is 0 Å². The van der Waals surface area contributed by atoms with Gasteiger partial charge >= 0.3 is 0 Å². The van der Waals surface area contributed by atoms with Crippen LogP contribution in [0.3, 0.4) is 0 Å². The number of Topliss-reactive ketones (excluding diaryl/α,β-unsaturated/α-hetero) is 1. The van der Waals surface area contributed by atoms with Gasteiger partial charge < -0.3 is 9.88 Å². The molecule has 0 unspecified atom stereocenters. The highest BCUT2D eigenvalue weighted by Crippen LogP contribution is 2.23. The van der Waals surface area contributed by atoms with Gasteiger partial charge in [0.25, 0.3) is 0 Å². The topological polar surface area (TPSA) is 76.9 Å². The monoisotopic (exact) mass is 380 g/mol. The molecule has 2 aliphatic rings. The molecule has 0 spiro atoms. The number of nitrogens with one attached hydrogen (secondary N) is 1. The third-order valence-electron chi connectivity index (χ3n) is 5.86. The van der Waals surface area contributed by atoms with Crippen molar-refractivity contribution in [1.29, 1.82) is 0 Å². The molecule has 4 rings (SSSR count). The Morgan fingerprint density at radius 2 is 1.86 bits per heavy atom. The van der Waals surface area contributed by atoms with Crippen LogP contribution < -0.4 is 5.32 Å². The van der Waals surface area contributed by atoms with Gasteiger partial charge in [-0.05, 0) is 49.3 Å². The Labute approximate surface area is 165 Å². The standard InChI is InChI=1S/C22H28N4O2/c27-19(18-9-8-16-5-4-6-17(16)15-18)10-11-22(28)23-13-12-21-25-24-20-7-2-1-3-14-26(20)21/h8-9,15H,1-7,10-14H2,(H,23,28). The second kappa shape index (κ2) is 8.67. The van der Waals surface area contributed by atoms with Crippen LogP contribution in [0.2, 0.25) is 0 Å². The maximum atomic E-state index is 12.4. The van der Waals surface area contributed by atoms with Crippen molar-refractivity contribution in [3.8, 4) is 0 Å². The van der Waals surface area contributed by atoms with Crippen LogP contribution >= 0.6 is 0 Å². The van der Waals surface area contributed by atoms with E-state index >= 15 is 0 Å². The quantitative estimate of drug-likeness (QED) is 0.750. The summed E-state index contributed by atoms with van der Waals surface area (Å²) < 4.78 is 2.20. The number of amides is 1. The molecular weight excluding hydrogens is 352 g/mol. The largest absolute Gasteiger partial charge is 0.356 e. The summed E-state index contributed by atoms with van der Waals surface area (Å²) in [4.78, 5) is 24.5. The van der Waals surface area contributed by atoms with Gasteiger partial charge in [-0.2, -0.15) is 0 Å². The molecule has 1 amide bonds. The Kier molecular flexibility index (Phi) is 5.84. The Balaban J connectivity index is 1.22. The van der Waals surface area contributed by atoms with Crippen molar-refractivity contribution >= 4 is 11.7 Å². The van der Waals surface area contributed by atoms with Crippen molar-refractivity contribution in [2.75, 3.05) is 6.54 Å². The number of ketones is 1. The van der Waals surface area contributed by atoms with Crippen molar-refractivity contribution < 1.29 is 9.59 Å². The molecule has 0 fully saturated rings. The van der Waals surface area contributed by atoms with Gasteiger partial charge in [-0.15, -0.1) is 10.2 Å². The molecule has 6 heteroatoms. The van der Waals surface area contributed by atoms with Gasteiger partial charge in [0.1, 0.15) is 11.6 Å². The molecule has 1 aliphatic heterocycles. The molecular formula is C22H28N4O2. The minimum Gasteiger partial charge on any atom is -0.356 e. The second-order valence-electron chi connectivity index (χ2n) is 7.85. The highest BCUT2D eigenvalue weighted by molar-refractivity contribution is 5.98. The van der Waals surface area contributed by atoms with Gasteiger partial charge in [0, 0.05) is 44.3 Å². The Bertz CT molecular complexity index is 871. The molecule has 2 aromatic rings. The fourth-order valence-corrected chi connectivity index (χ4v) is 4.25. The number of nitrogens with zero attached hydrogens (tertiary/aromatic N) is 3. The molecule has 1 N–H and O–H groups in total. The minimum atomic E-state index is -0.0786. The maximum absolute atomic E-state index is 12.4. The molecule has 148 valence electrons. The molecule has 0 saturated carbocycles. The maximum Gasteiger partial charge on any atom is 0.220 e. The fraction of sp³-hybridized carbons (Fsp3) is 0.545. The Morgan fingerprint density at radius 1 is 0.964 bits per heavy atom. The van der Waals surface area contributed by atoms with Gasteiger partial charge in [0.2, 0.25) is 5.91 Å². The number of aryl methyl sites for hydroxylation is 3. The van der Waals surface area contributed by atoms with E-state index in [2.05, 4.69) is 26.1 Å². The van der Waals surface area contributed by atoms with E-state index in [0.717, 1.165) is 49.4 Å². The highest BCUT2D eigenvalue weighted by atomic mass is 16.2. The van der Waals surface area contributed by atoms with Crippen LogP contribution in [0.4, 0.5) is 0 Å². The summed E-state index contributed by atoms with van der Waals surface area (Å²) in [6, 6.07) is 5.98. The molecule has 6 nitrogen and oxygen atoms in total. The molecule has 0 atom stereocenters. The van der Waals surface area contributed by atoms with Crippen molar-refractivity contribution in [2.24, 2.45) is 0 Å². The van der Waals surface area contributed by atoms with E-state index in [4.69, 9.17) is 0 Å². The predicted molar refractivity (Wildman–Crippen MR) is 106 cm³/mol. The van der Waals surface area contributed by atoms with Gasteiger partial charge in [0.05, 0.1) is 0 Å². The lowest BCUT2D eigenvalue weighted by molar-refractivity contribution is -0.121. The first-order valence-corrected chi connectivity index (χ1v) is 10.5. The van der Waals surface area contributed by atoms with E-state index in [1.807, 2.05) is 12.1 Å². The lowest BCUT2D eigenvalue weighted by Gasteiger charge is -2.08. The summed E-state index contributed by atoms with van der Waals surface area (Å²) in [7, 11) is 0. The SMILES string of the molecule is O=C(CCC(=O)c1ccc2c(c1)CCC2)NCCc1nnc2n1CCCCC2. The van der Waals surface area contributed by atoms with E-state index in [9.17, 15) is 9.59 Å². The molecule has 2 heterocycles. The first kappa shape index (κ1) is 18.8. The average molecular weight is 380 g/mol. The lowest BCUT2D eigenvalue weighted by Crippen LogP contribution is -2.27. The Morgan fingerprint density at radius 3 is 2.79 bits per heavy atom. The zero-order valence-corrected chi connectivity index (χ0v) is 16.4. The summed E-state index contributed by atoms with van der Waals surface area (Å²) in [5.74, 6) is 1.99. The number of hydrogen-bond acceptors (Lipinski definition) is 4. The summed E-state index contributed by atoms with van der Waals surface area (Å²) >= 11 is 0. The van der Waals surface area contributed by atoms with E-state index < -0.39 is 0 Å². The predicted octanol–water partition coefficient (Wildman–Crippen LogP) is 2.82. The van der Waals surface area contributed by atoms with Crippen LogP contribution in [-0.4, -0.2) is 33.0 Å². The molecule has 0 saturated heterocycles. The zero-order chi connectivity index (χ0) is 19.3. The van der Waals surface area contributed by atoms with Gasteiger partial charge in [-0.3, -0.25) is 9.59 Å². The first-order valence-electron chi connectivity index (χ1n) is 10.5. The molecule has 28 heavy (non-hydrogen) atoms. The van der Waals surface area contributed by atoms with Crippen molar-refractivity contribution in [3.05, 3.63) is 46.5 Å². The number of benzene rings is 1. The number of hydrogen-bond donors (Lipinski definition) is 1. The lowest BCUT2D eigenvalue weighted by atomic mass is 10.0. The summed E-state index contributed by atoms with van der Waals surface area (Å²) in [6.07, 6.45) is 9.07. The second-order valence-corrected chi connectivity index (χ2v) is 7.85. The van der Waals surface area contributed by atoms with Crippen LogP contribution in [0.5, 0.6) is 0 Å².